The van der Waals surface area contributed by atoms with Crippen LogP contribution in [0, 0.1) is 6.92 Å². The first-order valence-electron chi connectivity index (χ1n) is 7.90. The van der Waals surface area contributed by atoms with Crippen LogP contribution in [0.4, 0.5) is 0 Å². The highest BCUT2D eigenvalue weighted by Crippen LogP contribution is 2.21. The minimum atomic E-state index is 0.0976. The van der Waals surface area contributed by atoms with Gasteiger partial charge in [-0.25, -0.2) is 0 Å². The van der Waals surface area contributed by atoms with Crippen molar-refractivity contribution in [3.63, 3.8) is 0 Å². The molecule has 22 heavy (non-hydrogen) atoms. The third kappa shape index (κ3) is 3.56. The van der Waals surface area contributed by atoms with Crippen molar-refractivity contribution >= 4 is 5.91 Å². The van der Waals surface area contributed by atoms with Crippen molar-refractivity contribution in [2.24, 2.45) is 0 Å². The zero-order chi connectivity index (χ0) is 16.3. The largest absolute Gasteiger partial charge is 0.334 e. The van der Waals surface area contributed by atoms with Gasteiger partial charge in [-0.2, -0.15) is 0 Å². The second-order valence-corrected chi connectivity index (χ2v) is 6.34. The summed E-state index contributed by atoms with van der Waals surface area (Å²) < 4.78 is 0. The molecule has 1 amide bonds. The standard InChI is InChI=1S/C20H25NO/c1-14(2)21(15(3)4)20(22)19-12-10-18(11-13-19)17-8-6-16(5)7-9-17/h6-15H,1-5H3. The molecule has 2 aromatic rings. The molecule has 0 aliphatic carbocycles. The van der Waals surface area contributed by atoms with E-state index in [-0.39, 0.29) is 18.0 Å². The third-order valence-electron chi connectivity index (χ3n) is 3.86. The number of carbonyl (C=O) groups excluding carboxylic acids is 1. The van der Waals surface area contributed by atoms with Gasteiger partial charge >= 0.3 is 0 Å². The lowest BCUT2D eigenvalue weighted by atomic mass is 10.0. The Morgan fingerprint density at radius 2 is 1.18 bits per heavy atom. The van der Waals surface area contributed by atoms with E-state index in [4.69, 9.17) is 0 Å². The Kier molecular flexibility index (Phi) is 5.02. The second kappa shape index (κ2) is 6.78. The Morgan fingerprint density at radius 3 is 1.59 bits per heavy atom. The van der Waals surface area contributed by atoms with Gasteiger partial charge in [0.25, 0.3) is 5.91 Å². The number of carbonyl (C=O) groups is 1. The van der Waals surface area contributed by atoms with Gasteiger partial charge in [-0.3, -0.25) is 4.79 Å². The molecule has 0 aliphatic heterocycles. The molecule has 0 radical (unpaired) electrons. The van der Waals surface area contributed by atoms with Gasteiger partial charge < -0.3 is 4.90 Å². The van der Waals surface area contributed by atoms with E-state index < -0.39 is 0 Å². The van der Waals surface area contributed by atoms with E-state index in [1.165, 1.54) is 11.1 Å². The number of amides is 1. The molecule has 0 spiro atoms. The van der Waals surface area contributed by atoms with Gasteiger partial charge in [-0.05, 0) is 57.9 Å². The lowest BCUT2D eigenvalue weighted by Crippen LogP contribution is -2.42. The van der Waals surface area contributed by atoms with Crippen LogP contribution >= 0.6 is 0 Å². The molecule has 0 aromatic heterocycles. The van der Waals surface area contributed by atoms with Crippen LogP contribution in [-0.4, -0.2) is 22.9 Å². The van der Waals surface area contributed by atoms with E-state index in [9.17, 15) is 4.79 Å². The quantitative estimate of drug-likeness (QED) is 0.784. The first-order chi connectivity index (χ1) is 10.4. The highest BCUT2D eigenvalue weighted by molar-refractivity contribution is 5.95. The molecular weight excluding hydrogens is 270 g/mol. The van der Waals surface area contributed by atoms with E-state index >= 15 is 0 Å². The number of benzene rings is 2. The maximum absolute atomic E-state index is 12.6. The second-order valence-electron chi connectivity index (χ2n) is 6.34. The molecule has 0 fully saturated rings. The molecule has 0 N–H and O–H groups in total. The monoisotopic (exact) mass is 295 g/mol. The van der Waals surface area contributed by atoms with Gasteiger partial charge in [0.2, 0.25) is 0 Å². The fourth-order valence-electron chi connectivity index (χ4n) is 2.77. The van der Waals surface area contributed by atoms with Crippen LogP contribution in [0.2, 0.25) is 0 Å². The molecule has 2 rings (SSSR count). The van der Waals surface area contributed by atoms with Crippen molar-refractivity contribution in [2.45, 2.75) is 46.7 Å². The first kappa shape index (κ1) is 16.3. The molecule has 2 heteroatoms. The average Bonchev–Trinajstić information content (AvgIpc) is 2.47. The van der Waals surface area contributed by atoms with Crippen molar-refractivity contribution in [1.82, 2.24) is 4.90 Å². The lowest BCUT2D eigenvalue weighted by Gasteiger charge is -2.30. The van der Waals surface area contributed by atoms with Crippen molar-refractivity contribution in [1.29, 1.82) is 0 Å². The Labute approximate surface area is 133 Å². The smallest absolute Gasteiger partial charge is 0.254 e. The summed E-state index contributed by atoms with van der Waals surface area (Å²) in [6.45, 7) is 10.3. The lowest BCUT2D eigenvalue weighted by molar-refractivity contribution is 0.0644. The van der Waals surface area contributed by atoms with Crippen LogP contribution in [0.15, 0.2) is 48.5 Å². The summed E-state index contributed by atoms with van der Waals surface area (Å²) in [5.74, 6) is 0.0976. The number of hydrogen-bond acceptors (Lipinski definition) is 1. The van der Waals surface area contributed by atoms with Crippen molar-refractivity contribution < 1.29 is 4.79 Å². The van der Waals surface area contributed by atoms with Gasteiger partial charge in [0.05, 0.1) is 0 Å². The van der Waals surface area contributed by atoms with Crippen LogP contribution in [0.5, 0.6) is 0 Å². The summed E-state index contributed by atoms with van der Waals surface area (Å²) in [4.78, 5) is 14.6. The van der Waals surface area contributed by atoms with Gasteiger partial charge in [0.15, 0.2) is 0 Å². The molecule has 0 aliphatic rings. The van der Waals surface area contributed by atoms with E-state index in [0.29, 0.717) is 0 Å². The Bertz CT molecular complexity index is 616. The minimum absolute atomic E-state index is 0.0976. The van der Waals surface area contributed by atoms with Gasteiger partial charge in [-0.15, -0.1) is 0 Å². The number of hydrogen-bond donors (Lipinski definition) is 0. The van der Waals surface area contributed by atoms with Crippen LogP contribution < -0.4 is 0 Å². The molecule has 0 atom stereocenters. The van der Waals surface area contributed by atoms with Crippen LogP contribution in [-0.2, 0) is 0 Å². The predicted molar refractivity (Wildman–Crippen MR) is 93.1 cm³/mol. The Morgan fingerprint density at radius 1 is 0.773 bits per heavy atom. The highest BCUT2D eigenvalue weighted by atomic mass is 16.2. The first-order valence-corrected chi connectivity index (χ1v) is 7.90. The van der Waals surface area contributed by atoms with Crippen molar-refractivity contribution in [3.8, 4) is 11.1 Å². The maximum atomic E-state index is 12.6. The summed E-state index contributed by atoms with van der Waals surface area (Å²) in [5.41, 5.74) is 4.31. The number of rotatable bonds is 4. The molecule has 0 heterocycles. The molecular formula is C20H25NO. The molecule has 0 saturated carbocycles. The molecule has 2 nitrogen and oxygen atoms in total. The van der Waals surface area contributed by atoms with Crippen molar-refractivity contribution in [2.75, 3.05) is 0 Å². The van der Waals surface area contributed by atoms with Crippen LogP contribution in [0.1, 0.15) is 43.6 Å². The summed E-state index contributed by atoms with van der Waals surface area (Å²) in [6, 6.07) is 16.7. The number of nitrogens with zero attached hydrogens (tertiary/aromatic N) is 1. The van der Waals surface area contributed by atoms with E-state index in [2.05, 4.69) is 58.9 Å². The normalized spacial score (nSPS) is 11.0. The highest BCUT2D eigenvalue weighted by Gasteiger charge is 2.21. The maximum Gasteiger partial charge on any atom is 0.254 e. The molecule has 116 valence electrons. The fourth-order valence-corrected chi connectivity index (χ4v) is 2.77. The Hall–Kier alpha value is -2.09. The van der Waals surface area contributed by atoms with E-state index in [0.717, 1.165) is 11.1 Å². The van der Waals surface area contributed by atoms with Gasteiger partial charge in [0, 0.05) is 17.6 Å². The summed E-state index contributed by atoms with van der Waals surface area (Å²) in [6.07, 6.45) is 0. The molecule has 0 saturated heterocycles. The molecule has 0 unspecified atom stereocenters. The van der Waals surface area contributed by atoms with E-state index in [1.807, 2.05) is 29.2 Å². The molecule has 2 aromatic carbocycles. The summed E-state index contributed by atoms with van der Waals surface area (Å²) in [5, 5.41) is 0. The zero-order valence-corrected chi connectivity index (χ0v) is 14.1. The van der Waals surface area contributed by atoms with Crippen LogP contribution in [0.3, 0.4) is 0 Å². The molecule has 0 bridgehead atoms. The summed E-state index contributed by atoms with van der Waals surface area (Å²) >= 11 is 0. The predicted octanol–water partition coefficient (Wildman–Crippen LogP) is 4.92. The topological polar surface area (TPSA) is 20.3 Å². The van der Waals surface area contributed by atoms with Crippen molar-refractivity contribution in [3.05, 3.63) is 59.7 Å². The third-order valence-corrected chi connectivity index (χ3v) is 3.86. The van der Waals surface area contributed by atoms with Gasteiger partial charge in [0.1, 0.15) is 0 Å². The van der Waals surface area contributed by atoms with Gasteiger partial charge in [-0.1, -0.05) is 42.0 Å². The number of aryl methyl sites for hydroxylation is 1. The zero-order valence-electron chi connectivity index (χ0n) is 14.1. The fraction of sp³-hybridized carbons (Fsp3) is 0.350. The SMILES string of the molecule is Cc1ccc(-c2ccc(C(=O)N(C(C)C)C(C)C)cc2)cc1. The van der Waals surface area contributed by atoms with Crippen LogP contribution in [0.25, 0.3) is 11.1 Å². The van der Waals surface area contributed by atoms with E-state index in [1.54, 1.807) is 0 Å². The summed E-state index contributed by atoms with van der Waals surface area (Å²) in [7, 11) is 0. The minimum Gasteiger partial charge on any atom is -0.334 e. The Balaban J connectivity index is 2.24. The average molecular weight is 295 g/mol.